The number of aromatic nitrogens is 1. The quantitative estimate of drug-likeness (QED) is 0.448. The molecule has 2 rings (SSSR count). The molecule has 1 aromatic heterocycles. The normalized spacial score (nSPS) is 10.7. The van der Waals surface area contributed by atoms with Crippen molar-refractivity contribution in [3.8, 4) is 0 Å². The third-order valence-electron chi connectivity index (χ3n) is 2.16. The van der Waals surface area contributed by atoms with Crippen molar-refractivity contribution >= 4 is 35.9 Å². The molecular formula is C11H11ClNSe+. The number of hydrogen-bond donors (Lipinski definition) is 0. The van der Waals surface area contributed by atoms with E-state index >= 15 is 0 Å². The van der Waals surface area contributed by atoms with Crippen LogP contribution in [-0.2, 0) is 6.54 Å². The Bertz CT molecular complexity index is 487. The molecule has 0 spiro atoms. The van der Waals surface area contributed by atoms with Gasteiger partial charge in [0.15, 0.2) is 0 Å². The van der Waals surface area contributed by atoms with E-state index < -0.39 is 0 Å². The van der Waals surface area contributed by atoms with Crippen molar-refractivity contribution in [3.63, 3.8) is 0 Å². The van der Waals surface area contributed by atoms with Crippen LogP contribution in [0, 0.1) is 6.92 Å². The third-order valence-corrected chi connectivity index (χ3v) is 4.66. The summed E-state index contributed by atoms with van der Waals surface area (Å²) < 4.78 is 5.13. The molecule has 1 heterocycles. The van der Waals surface area contributed by atoms with Crippen LogP contribution >= 0.6 is 11.6 Å². The van der Waals surface area contributed by atoms with Gasteiger partial charge in [0.2, 0.25) is 0 Å². The monoisotopic (exact) mass is 272 g/mol. The number of halogens is 1. The van der Waals surface area contributed by atoms with Gasteiger partial charge in [-0.2, -0.15) is 0 Å². The number of hydrogen-bond acceptors (Lipinski definition) is 0. The Morgan fingerprint density at radius 1 is 1.57 bits per heavy atom. The molecule has 0 aliphatic rings. The summed E-state index contributed by atoms with van der Waals surface area (Å²) in [6, 6.07) is 6.13. The topological polar surface area (TPSA) is 3.88 Å². The van der Waals surface area contributed by atoms with Crippen molar-refractivity contribution in [2.45, 2.75) is 13.5 Å². The molecule has 3 heteroatoms. The molecular weight excluding hydrogens is 261 g/mol. The van der Waals surface area contributed by atoms with E-state index in [0.717, 1.165) is 11.6 Å². The van der Waals surface area contributed by atoms with Gasteiger partial charge < -0.3 is 0 Å². The number of nitrogens with zero attached hydrogens (tertiary/aromatic N) is 1. The van der Waals surface area contributed by atoms with Gasteiger partial charge in [-0.25, -0.2) is 0 Å². The summed E-state index contributed by atoms with van der Waals surface area (Å²) in [4.78, 5) is 0. The van der Waals surface area contributed by atoms with E-state index in [1.54, 1.807) is 0 Å². The van der Waals surface area contributed by atoms with Gasteiger partial charge >= 0.3 is 94.4 Å². The first-order valence-corrected chi connectivity index (χ1v) is 6.51. The van der Waals surface area contributed by atoms with E-state index in [2.05, 4.69) is 24.1 Å². The maximum absolute atomic E-state index is 5.98. The fraction of sp³-hybridized carbons (Fsp3) is 0.182. The third kappa shape index (κ3) is 1.66. The maximum atomic E-state index is 5.98. The average Bonchev–Trinajstić information content (AvgIpc) is 2.45. The second-order valence-electron chi connectivity index (χ2n) is 3.13. The predicted octanol–water partition coefficient (Wildman–Crippen LogP) is 2.33. The van der Waals surface area contributed by atoms with Crippen molar-refractivity contribution in [2.24, 2.45) is 0 Å². The zero-order valence-corrected chi connectivity index (χ0v) is 10.4. The summed E-state index contributed by atoms with van der Waals surface area (Å²) in [5, 5.41) is 0.809. The van der Waals surface area contributed by atoms with Gasteiger partial charge in [0.1, 0.15) is 0 Å². The molecule has 0 fully saturated rings. The molecule has 2 aromatic rings. The second-order valence-corrected chi connectivity index (χ2v) is 6.16. The molecule has 14 heavy (non-hydrogen) atoms. The molecule has 0 aliphatic heterocycles. The van der Waals surface area contributed by atoms with Gasteiger partial charge in [0.25, 0.3) is 0 Å². The van der Waals surface area contributed by atoms with Gasteiger partial charge in [0.05, 0.1) is 0 Å². The zero-order valence-electron chi connectivity index (χ0n) is 7.96. The zero-order chi connectivity index (χ0) is 10.1. The minimum absolute atomic E-state index is 0.461. The first-order chi connectivity index (χ1) is 6.72. The van der Waals surface area contributed by atoms with Gasteiger partial charge in [0, 0.05) is 0 Å². The molecule has 72 valence electrons. The molecule has 0 saturated carbocycles. The fourth-order valence-corrected chi connectivity index (χ4v) is 3.82. The Labute approximate surface area is 94.4 Å². The first kappa shape index (κ1) is 9.97. The Morgan fingerprint density at radius 3 is 3.07 bits per heavy atom. The van der Waals surface area contributed by atoms with E-state index in [4.69, 9.17) is 11.6 Å². The molecule has 0 saturated heterocycles. The molecule has 0 unspecified atom stereocenters. The van der Waals surface area contributed by atoms with Crippen molar-refractivity contribution in [3.05, 3.63) is 40.4 Å². The summed E-state index contributed by atoms with van der Waals surface area (Å²) >= 11 is 6.44. The van der Waals surface area contributed by atoms with E-state index in [1.807, 2.05) is 18.2 Å². The van der Waals surface area contributed by atoms with Crippen LogP contribution in [0.1, 0.15) is 4.57 Å². The van der Waals surface area contributed by atoms with E-state index in [0.29, 0.717) is 14.5 Å². The summed E-state index contributed by atoms with van der Waals surface area (Å²) in [6.45, 7) is 6.83. The number of allylic oxidation sites excluding steroid dienone is 1. The van der Waals surface area contributed by atoms with E-state index in [1.165, 1.54) is 14.3 Å². The van der Waals surface area contributed by atoms with Gasteiger partial charge in [-0.3, -0.25) is 0 Å². The van der Waals surface area contributed by atoms with Crippen LogP contribution in [0.25, 0.3) is 9.78 Å². The first-order valence-electron chi connectivity index (χ1n) is 4.42. The van der Waals surface area contributed by atoms with Crippen LogP contribution in [0.2, 0.25) is 5.02 Å². The van der Waals surface area contributed by atoms with Crippen LogP contribution in [-0.4, -0.2) is 14.5 Å². The average molecular weight is 272 g/mol. The molecule has 0 N–H and O–H groups in total. The second kappa shape index (κ2) is 3.90. The van der Waals surface area contributed by atoms with Crippen LogP contribution in [0.15, 0.2) is 30.9 Å². The molecule has 0 atom stereocenters. The van der Waals surface area contributed by atoms with Crippen LogP contribution < -0.4 is 4.57 Å². The number of aryl methyl sites for hydroxylation is 1. The summed E-state index contributed by atoms with van der Waals surface area (Å²) in [7, 11) is 0. The Morgan fingerprint density at radius 2 is 2.36 bits per heavy atom. The minimum atomic E-state index is 0.461. The molecule has 0 radical (unpaired) electrons. The summed E-state index contributed by atoms with van der Waals surface area (Å²) in [6.07, 6.45) is 1.93. The van der Waals surface area contributed by atoms with Gasteiger partial charge in [-0.1, -0.05) is 0 Å². The van der Waals surface area contributed by atoms with Crippen molar-refractivity contribution in [2.75, 3.05) is 0 Å². The number of fused-ring (bicyclic) bond motifs is 1. The molecule has 0 aliphatic carbocycles. The standard InChI is InChI=1S/C11H11ClNSe/c1-3-6-13-8(2)14-11-5-4-9(12)7-10(11)13/h3-5,7H,1,6H2,2H3/q+1. The van der Waals surface area contributed by atoms with Crippen LogP contribution in [0.3, 0.4) is 0 Å². The molecule has 0 bridgehead atoms. The predicted molar refractivity (Wildman–Crippen MR) is 61.0 cm³/mol. The Kier molecular flexibility index (Phi) is 2.78. The number of rotatable bonds is 2. The number of benzene rings is 1. The van der Waals surface area contributed by atoms with E-state index in [-0.39, 0.29) is 0 Å². The molecule has 1 nitrogen and oxygen atoms in total. The van der Waals surface area contributed by atoms with Crippen LogP contribution in [0.5, 0.6) is 0 Å². The van der Waals surface area contributed by atoms with E-state index in [9.17, 15) is 0 Å². The fourth-order valence-electron chi connectivity index (χ4n) is 1.53. The van der Waals surface area contributed by atoms with Crippen molar-refractivity contribution in [1.29, 1.82) is 0 Å². The van der Waals surface area contributed by atoms with Crippen molar-refractivity contribution < 1.29 is 4.57 Å². The van der Waals surface area contributed by atoms with Gasteiger partial charge in [-0.05, 0) is 0 Å². The summed E-state index contributed by atoms with van der Waals surface area (Å²) in [5.41, 5.74) is 1.26. The SMILES string of the molecule is C=CC[n+]1c(C)[se]c2ccc(Cl)cc21. The molecule has 1 aromatic carbocycles. The summed E-state index contributed by atoms with van der Waals surface area (Å²) in [5.74, 6) is 0. The Balaban J connectivity index is 2.72. The van der Waals surface area contributed by atoms with Gasteiger partial charge in [-0.15, -0.1) is 0 Å². The molecule has 0 amide bonds. The van der Waals surface area contributed by atoms with Crippen molar-refractivity contribution in [1.82, 2.24) is 0 Å². The van der Waals surface area contributed by atoms with Crippen LogP contribution in [0.4, 0.5) is 0 Å². The Hall–Kier alpha value is -0.561.